The van der Waals surface area contributed by atoms with Crippen LogP contribution in [0.25, 0.3) is 0 Å². The zero-order valence-electron chi connectivity index (χ0n) is 9.25. The number of carbonyl (C=O) groups excluding carboxylic acids is 1. The van der Waals surface area contributed by atoms with Crippen molar-refractivity contribution in [3.05, 3.63) is 27.4 Å². The highest BCUT2D eigenvalue weighted by Crippen LogP contribution is 2.08. The van der Waals surface area contributed by atoms with Gasteiger partial charge in [0, 0.05) is 5.92 Å². The molecule has 0 radical (unpaired) electrons. The zero-order chi connectivity index (χ0) is 11.6. The van der Waals surface area contributed by atoms with Crippen LogP contribution in [0, 0.1) is 6.92 Å². The first-order valence-electron chi connectivity index (χ1n) is 4.66. The summed E-state index contributed by atoms with van der Waals surface area (Å²) in [7, 11) is 1.26. The Morgan fingerprint density at radius 2 is 2.07 bits per heavy atom. The van der Waals surface area contributed by atoms with Gasteiger partial charge in [-0.1, -0.05) is 13.8 Å². The highest BCUT2D eigenvalue weighted by molar-refractivity contribution is 5.88. The fraction of sp³-hybridized carbons (Fsp3) is 0.500. The van der Waals surface area contributed by atoms with Gasteiger partial charge in [-0.25, -0.2) is 9.78 Å². The number of methoxy groups -OCH3 is 1. The number of hydrogen-bond donors (Lipinski definition) is 1. The molecule has 0 saturated carbocycles. The van der Waals surface area contributed by atoms with Crippen molar-refractivity contribution in [2.45, 2.75) is 26.7 Å². The van der Waals surface area contributed by atoms with Gasteiger partial charge in [0.1, 0.15) is 11.4 Å². The molecule has 0 bridgehead atoms. The lowest BCUT2D eigenvalue weighted by molar-refractivity contribution is 0.0592. The maximum atomic E-state index is 11.5. The summed E-state index contributed by atoms with van der Waals surface area (Å²) < 4.78 is 4.52. The van der Waals surface area contributed by atoms with Crippen LogP contribution >= 0.6 is 0 Å². The number of nitrogens with zero attached hydrogens (tertiary/aromatic N) is 1. The third-order valence-electron chi connectivity index (χ3n) is 2.06. The predicted octanol–water partition coefficient (Wildman–Crippen LogP) is 0.988. The lowest BCUT2D eigenvalue weighted by Crippen LogP contribution is -2.22. The number of aromatic amines is 1. The Labute approximate surface area is 87.5 Å². The number of ether oxygens (including phenoxy) is 1. The molecule has 0 atom stereocenters. The topological polar surface area (TPSA) is 72.1 Å². The Balaban J connectivity index is 3.32. The molecule has 0 aliphatic heterocycles. The Hall–Kier alpha value is -1.65. The molecule has 0 unspecified atom stereocenters. The summed E-state index contributed by atoms with van der Waals surface area (Å²) >= 11 is 0. The SMILES string of the molecule is COC(=O)c1[nH]c(=O)c(C(C)C)nc1C. The minimum Gasteiger partial charge on any atom is -0.464 e. The second-order valence-corrected chi connectivity index (χ2v) is 3.56. The van der Waals surface area contributed by atoms with E-state index in [1.165, 1.54) is 7.11 Å². The molecule has 15 heavy (non-hydrogen) atoms. The summed E-state index contributed by atoms with van der Waals surface area (Å²) in [5.41, 5.74) is 0.688. The molecular weight excluding hydrogens is 196 g/mol. The molecule has 1 heterocycles. The molecule has 0 amide bonds. The molecule has 82 valence electrons. The van der Waals surface area contributed by atoms with E-state index in [1.807, 2.05) is 13.8 Å². The largest absolute Gasteiger partial charge is 0.464 e. The van der Waals surface area contributed by atoms with E-state index >= 15 is 0 Å². The smallest absolute Gasteiger partial charge is 0.356 e. The quantitative estimate of drug-likeness (QED) is 0.739. The summed E-state index contributed by atoms with van der Waals surface area (Å²) in [6.45, 7) is 5.40. The van der Waals surface area contributed by atoms with E-state index in [0.717, 1.165) is 0 Å². The first kappa shape index (κ1) is 11.4. The molecule has 0 aliphatic rings. The van der Waals surface area contributed by atoms with Crippen molar-refractivity contribution >= 4 is 5.97 Å². The lowest BCUT2D eigenvalue weighted by atomic mass is 10.1. The van der Waals surface area contributed by atoms with Crippen molar-refractivity contribution in [1.29, 1.82) is 0 Å². The summed E-state index contributed by atoms with van der Waals surface area (Å²) in [6.07, 6.45) is 0. The number of aromatic nitrogens is 2. The van der Waals surface area contributed by atoms with Gasteiger partial charge in [-0.05, 0) is 6.92 Å². The van der Waals surface area contributed by atoms with Gasteiger partial charge in [-0.15, -0.1) is 0 Å². The van der Waals surface area contributed by atoms with E-state index in [0.29, 0.717) is 11.4 Å². The van der Waals surface area contributed by atoms with Crippen LogP contribution in [0.1, 0.15) is 41.6 Å². The molecule has 1 aromatic rings. The van der Waals surface area contributed by atoms with Gasteiger partial charge < -0.3 is 9.72 Å². The van der Waals surface area contributed by atoms with E-state index in [-0.39, 0.29) is 17.2 Å². The van der Waals surface area contributed by atoms with Crippen LogP contribution in [-0.2, 0) is 4.74 Å². The van der Waals surface area contributed by atoms with Crippen molar-refractivity contribution in [1.82, 2.24) is 9.97 Å². The van der Waals surface area contributed by atoms with Crippen LogP contribution in [0.2, 0.25) is 0 Å². The second-order valence-electron chi connectivity index (χ2n) is 3.56. The second kappa shape index (κ2) is 4.25. The molecule has 5 heteroatoms. The summed E-state index contributed by atoms with van der Waals surface area (Å²) in [5.74, 6) is -0.549. The minimum atomic E-state index is -0.576. The van der Waals surface area contributed by atoms with Crippen molar-refractivity contribution < 1.29 is 9.53 Å². The number of H-pyrrole nitrogens is 1. The van der Waals surface area contributed by atoms with Gasteiger partial charge >= 0.3 is 5.97 Å². The number of esters is 1. The number of carbonyl (C=O) groups is 1. The highest BCUT2D eigenvalue weighted by Gasteiger charge is 2.15. The molecule has 0 saturated heterocycles. The molecule has 1 rings (SSSR count). The monoisotopic (exact) mass is 210 g/mol. The summed E-state index contributed by atoms with van der Waals surface area (Å²) in [4.78, 5) is 29.3. The first-order valence-corrected chi connectivity index (χ1v) is 4.66. The van der Waals surface area contributed by atoms with Crippen molar-refractivity contribution in [2.75, 3.05) is 7.11 Å². The van der Waals surface area contributed by atoms with E-state index in [2.05, 4.69) is 14.7 Å². The maximum absolute atomic E-state index is 11.5. The molecule has 1 N–H and O–H groups in total. The van der Waals surface area contributed by atoms with E-state index in [4.69, 9.17) is 0 Å². The number of hydrogen-bond acceptors (Lipinski definition) is 4. The fourth-order valence-electron chi connectivity index (χ4n) is 1.25. The van der Waals surface area contributed by atoms with Crippen LogP contribution in [0.4, 0.5) is 0 Å². The lowest BCUT2D eigenvalue weighted by Gasteiger charge is -2.07. The zero-order valence-corrected chi connectivity index (χ0v) is 9.25. The first-order chi connectivity index (χ1) is 6.97. The average Bonchev–Trinajstić information content (AvgIpc) is 2.19. The van der Waals surface area contributed by atoms with Gasteiger partial charge in [0.25, 0.3) is 5.56 Å². The van der Waals surface area contributed by atoms with Crippen LogP contribution in [0.15, 0.2) is 4.79 Å². The van der Waals surface area contributed by atoms with Crippen molar-refractivity contribution in [3.8, 4) is 0 Å². The van der Waals surface area contributed by atoms with Crippen molar-refractivity contribution in [3.63, 3.8) is 0 Å². The highest BCUT2D eigenvalue weighted by atomic mass is 16.5. The van der Waals surface area contributed by atoms with Gasteiger partial charge in [-0.3, -0.25) is 4.79 Å². The predicted molar refractivity (Wildman–Crippen MR) is 55.0 cm³/mol. The van der Waals surface area contributed by atoms with Crippen molar-refractivity contribution in [2.24, 2.45) is 0 Å². The molecule has 1 aromatic heterocycles. The van der Waals surface area contributed by atoms with Crippen LogP contribution in [0.3, 0.4) is 0 Å². The van der Waals surface area contributed by atoms with Gasteiger partial charge in [-0.2, -0.15) is 0 Å². The summed E-state index contributed by atoms with van der Waals surface area (Å²) in [5, 5.41) is 0. The fourth-order valence-corrected chi connectivity index (χ4v) is 1.25. The van der Waals surface area contributed by atoms with Crippen LogP contribution in [0.5, 0.6) is 0 Å². The molecule has 0 aromatic carbocycles. The van der Waals surface area contributed by atoms with Gasteiger partial charge in [0.05, 0.1) is 12.8 Å². The molecular formula is C10H14N2O3. The Bertz CT molecular complexity index is 435. The Kier molecular flexibility index (Phi) is 3.24. The number of aryl methyl sites for hydroxylation is 1. The van der Waals surface area contributed by atoms with Gasteiger partial charge in [0.15, 0.2) is 0 Å². The molecule has 0 fully saturated rings. The molecule has 0 aliphatic carbocycles. The number of rotatable bonds is 2. The minimum absolute atomic E-state index is 0.0270. The molecule has 5 nitrogen and oxygen atoms in total. The maximum Gasteiger partial charge on any atom is 0.356 e. The normalized spacial score (nSPS) is 10.5. The van der Waals surface area contributed by atoms with Crippen LogP contribution < -0.4 is 5.56 Å². The Morgan fingerprint density at radius 3 is 2.53 bits per heavy atom. The van der Waals surface area contributed by atoms with Crippen LogP contribution in [-0.4, -0.2) is 23.0 Å². The summed E-state index contributed by atoms with van der Waals surface area (Å²) in [6, 6.07) is 0. The average molecular weight is 210 g/mol. The van der Waals surface area contributed by atoms with E-state index in [9.17, 15) is 9.59 Å². The van der Waals surface area contributed by atoms with E-state index in [1.54, 1.807) is 6.92 Å². The van der Waals surface area contributed by atoms with E-state index < -0.39 is 5.97 Å². The third-order valence-corrected chi connectivity index (χ3v) is 2.06. The van der Waals surface area contributed by atoms with Gasteiger partial charge in [0.2, 0.25) is 0 Å². The third kappa shape index (κ3) is 2.23. The number of nitrogens with one attached hydrogen (secondary N) is 1. The molecule has 0 spiro atoms. The Morgan fingerprint density at radius 1 is 1.47 bits per heavy atom. The standard InChI is InChI=1S/C10H14N2O3/c1-5(2)7-9(13)12-8(6(3)11-7)10(14)15-4/h5H,1-4H3,(H,12,13).